The fourth-order valence-corrected chi connectivity index (χ4v) is 3.59. The van der Waals surface area contributed by atoms with Crippen LogP contribution in [0, 0.1) is 10.1 Å². The normalized spacial score (nSPS) is 10.8. The maximum atomic E-state index is 13.2. The van der Waals surface area contributed by atoms with E-state index in [1.54, 1.807) is 49.6 Å². The molecule has 8 nitrogen and oxygen atoms in total. The second-order valence-corrected chi connectivity index (χ2v) is 6.85. The van der Waals surface area contributed by atoms with Gasteiger partial charge in [0.2, 0.25) is 0 Å². The van der Waals surface area contributed by atoms with Gasteiger partial charge in [0.25, 0.3) is 0 Å². The van der Waals surface area contributed by atoms with Gasteiger partial charge in [-0.05, 0) is 30.3 Å². The first-order valence-electron chi connectivity index (χ1n) is 8.25. The van der Waals surface area contributed by atoms with Gasteiger partial charge in [0.15, 0.2) is 5.82 Å². The minimum atomic E-state index is -0.462. The van der Waals surface area contributed by atoms with E-state index >= 15 is 0 Å². The van der Waals surface area contributed by atoms with Crippen LogP contribution < -0.4 is 10.4 Å². The molecule has 0 N–H and O–H groups in total. The third-order valence-electron chi connectivity index (χ3n) is 4.08. The third-order valence-corrected chi connectivity index (χ3v) is 5.12. The third kappa shape index (κ3) is 3.08. The SMILES string of the molecule is COc1cccc(-n2c(-c3ccc([N+](=O)[O-])s3)nn(-c3ccccc3)c2=O)c1. The molecule has 0 aliphatic carbocycles. The number of methoxy groups -OCH3 is 1. The largest absolute Gasteiger partial charge is 0.497 e. The van der Waals surface area contributed by atoms with E-state index in [-0.39, 0.29) is 10.7 Å². The van der Waals surface area contributed by atoms with Crippen molar-refractivity contribution in [3.8, 4) is 27.8 Å². The molecule has 0 radical (unpaired) electrons. The van der Waals surface area contributed by atoms with Crippen LogP contribution in [0.3, 0.4) is 0 Å². The first-order chi connectivity index (χ1) is 13.6. The van der Waals surface area contributed by atoms with Gasteiger partial charge < -0.3 is 4.74 Å². The quantitative estimate of drug-likeness (QED) is 0.380. The molecule has 0 unspecified atom stereocenters. The molecule has 0 aliphatic heterocycles. The molecule has 0 spiro atoms. The van der Waals surface area contributed by atoms with Crippen molar-refractivity contribution in [1.29, 1.82) is 0 Å². The van der Waals surface area contributed by atoms with Crippen LogP contribution in [0.1, 0.15) is 0 Å². The topological polar surface area (TPSA) is 92.2 Å². The Kier molecular flexibility index (Phi) is 4.50. The van der Waals surface area contributed by atoms with Gasteiger partial charge in [-0.3, -0.25) is 10.1 Å². The minimum absolute atomic E-state index is 0.0195. The Morgan fingerprint density at radius 3 is 2.46 bits per heavy atom. The number of thiophene rings is 1. The Morgan fingerprint density at radius 1 is 1.04 bits per heavy atom. The number of nitrogens with zero attached hydrogens (tertiary/aromatic N) is 4. The Morgan fingerprint density at radius 2 is 1.79 bits per heavy atom. The highest BCUT2D eigenvalue weighted by atomic mass is 32.1. The van der Waals surface area contributed by atoms with E-state index in [9.17, 15) is 14.9 Å². The predicted molar refractivity (Wildman–Crippen MR) is 106 cm³/mol. The molecule has 0 aliphatic rings. The fourth-order valence-electron chi connectivity index (χ4n) is 2.79. The van der Waals surface area contributed by atoms with Gasteiger partial charge in [-0.15, -0.1) is 5.10 Å². The van der Waals surface area contributed by atoms with Crippen LogP contribution in [0.2, 0.25) is 0 Å². The maximum Gasteiger partial charge on any atom is 0.355 e. The van der Waals surface area contributed by atoms with Crippen LogP contribution in [-0.2, 0) is 0 Å². The molecule has 2 heterocycles. The minimum Gasteiger partial charge on any atom is -0.497 e. The summed E-state index contributed by atoms with van der Waals surface area (Å²) in [5, 5.41) is 15.5. The van der Waals surface area contributed by atoms with E-state index in [0.717, 1.165) is 11.3 Å². The summed E-state index contributed by atoms with van der Waals surface area (Å²) in [6.45, 7) is 0. The van der Waals surface area contributed by atoms with Gasteiger partial charge in [-0.25, -0.2) is 9.36 Å². The van der Waals surface area contributed by atoms with Crippen molar-refractivity contribution < 1.29 is 9.66 Å². The molecule has 28 heavy (non-hydrogen) atoms. The summed E-state index contributed by atoms with van der Waals surface area (Å²) in [7, 11) is 1.54. The lowest BCUT2D eigenvalue weighted by atomic mass is 10.3. The lowest BCUT2D eigenvalue weighted by Crippen LogP contribution is -2.22. The zero-order valence-corrected chi connectivity index (χ0v) is 15.5. The molecular weight excluding hydrogens is 380 g/mol. The molecule has 0 saturated carbocycles. The van der Waals surface area contributed by atoms with Gasteiger partial charge >= 0.3 is 10.7 Å². The maximum absolute atomic E-state index is 13.2. The number of hydrogen-bond donors (Lipinski definition) is 0. The molecule has 0 fully saturated rings. The van der Waals surface area contributed by atoms with Crippen LogP contribution in [0.4, 0.5) is 5.00 Å². The Hall–Kier alpha value is -3.72. The number of hydrogen-bond acceptors (Lipinski definition) is 6. The zero-order valence-electron chi connectivity index (χ0n) is 14.7. The van der Waals surface area contributed by atoms with Gasteiger partial charge in [-0.1, -0.05) is 35.6 Å². The summed E-state index contributed by atoms with van der Waals surface area (Å²) >= 11 is 0.964. The van der Waals surface area contributed by atoms with E-state index in [2.05, 4.69) is 5.10 Å². The standard InChI is InChI=1S/C19H14N4O4S/c1-27-15-9-5-8-14(12-15)21-18(16-10-11-17(28-16)23(25)26)20-22(19(21)24)13-6-3-2-4-7-13/h2-12H,1H3. The number of aromatic nitrogens is 3. The summed E-state index contributed by atoms with van der Waals surface area (Å²) in [5.41, 5.74) is 0.768. The van der Waals surface area contributed by atoms with Gasteiger partial charge in [0.05, 0.1) is 28.3 Å². The van der Waals surface area contributed by atoms with Crippen molar-refractivity contribution in [2.75, 3.05) is 7.11 Å². The number of para-hydroxylation sites is 1. The van der Waals surface area contributed by atoms with Gasteiger partial charge in [0.1, 0.15) is 5.75 Å². The Bertz CT molecular complexity index is 1210. The second-order valence-electron chi connectivity index (χ2n) is 5.79. The molecular formula is C19H14N4O4S. The van der Waals surface area contributed by atoms with Crippen molar-refractivity contribution in [3.63, 3.8) is 0 Å². The van der Waals surface area contributed by atoms with Crippen molar-refractivity contribution in [3.05, 3.63) is 87.3 Å². The fraction of sp³-hybridized carbons (Fsp3) is 0.0526. The lowest BCUT2D eigenvalue weighted by Gasteiger charge is -2.06. The predicted octanol–water partition coefficient (Wildman–Crippen LogP) is 3.67. The molecule has 4 rings (SSSR count). The Balaban J connectivity index is 1.97. The molecule has 2 aromatic carbocycles. The highest BCUT2D eigenvalue weighted by Crippen LogP contribution is 2.32. The molecule has 0 saturated heterocycles. The summed E-state index contributed by atoms with van der Waals surface area (Å²) < 4.78 is 7.96. The average Bonchev–Trinajstić information content (AvgIpc) is 3.33. The van der Waals surface area contributed by atoms with E-state index in [1.807, 2.05) is 18.2 Å². The van der Waals surface area contributed by atoms with Crippen molar-refractivity contribution >= 4 is 16.3 Å². The van der Waals surface area contributed by atoms with Crippen LogP contribution in [0.5, 0.6) is 5.75 Å². The van der Waals surface area contributed by atoms with Crippen LogP contribution in [0.15, 0.2) is 71.5 Å². The molecule has 0 atom stereocenters. The molecule has 9 heteroatoms. The first kappa shape index (κ1) is 17.7. The second kappa shape index (κ2) is 7.12. The number of rotatable bonds is 5. The zero-order chi connectivity index (χ0) is 19.7. The number of nitro groups is 1. The summed E-state index contributed by atoms with van der Waals surface area (Å²) in [4.78, 5) is 24.3. The average molecular weight is 394 g/mol. The number of benzene rings is 2. The summed E-state index contributed by atoms with van der Waals surface area (Å²) in [6, 6.07) is 19.0. The van der Waals surface area contributed by atoms with E-state index < -0.39 is 4.92 Å². The van der Waals surface area contributed by atoms with Crippen LogP contribution in [-0.4, -0.2) is 26.4 Å². The molecule has 0 bridgehead atoms. The van der Waals surface area contributed by atoms with Crippen LogP contribution >= 0.6 is 11.3 Å². The van der Waals surface area contributed by atoms with Crippen molar-refractivity contribution in [1.82, 2.24) is 14.3 Å². The molecule has 4 aromatic rings. The molecule has 140 valence electrons. The highest BCUT2D eigenvalue weighted by Gasteiger charge is 2.21. The van der Waals surface area contributed by atoms with Crippen LogP contribution in [0.25, 0.3) is 22.1 Å². The summed E-state index contributed by atoms with van der Waals surface area (Å²) in [6.07, 6.45) is 0. The summed E-state index contributed by atoms with van der Waals surface area (Å²) in [5.74, 6) is 0.903. The molecule has 0 amide bonds. The van der Waals surface area contributed by atoms with E-state index in [1.165, 1.54) is 15.3 Å². The number of ether oxygens (including phenoxy) is 1. The van der Waals surface area contributed by atoms with Crippen molar-refractivity contribution in [2.45, 2.75) is 0 Å². The van der Waals surface area contributed by atoms with Gasteiger partial charge in [-0.2, -0.15) is 4.68 Å². The van der Waals surface area contributed by atoms with E-state index in [4.69, 9.17) is 4.74 Å². The van der Waals surface area contributed by atoms with Crippen molar-refractivity contribution in [2.24, 2.45) is 0 Å². The highest BCUT2D eigenvalue weighted by molar-refractivity contribution is 7.18. The smallest absolute Gasteiger partial charge is 0.355 e. The Labute approximate surface area is 163 Å². The first-order valence-corrected chi connectivity index (χ1v) is 9.06. The lowest BCUT2D eigenvalue weighted by molar-refractivity contribution is -0.380. The van der Waals surface area contributed by atoms with Gasteiger partial charge in [0, 0.05) is 12.1 Å². The molecule has 2 aromatic heterocycles. The monoisotopic (exact) mass is 394 g/mol. The van der Waals surface area contributed by atoms with E-state index in [0.29, 0.717) is 27.8 Å².